The van der Waals surface area contributed by atoms with Crippen LogP contribution in [0.2, 0.25) is 0 Å². The summed E-state index contributed by atoms with van der Waals surface area (Å²) >= 11 is 0. The minimum atomic E-state index is -1.47. The van der Waals surface area contributed by atoms with Crippen molar-refractivity contribution in [1.29, 1.82) is 0 Å². The van der Waals surface area contributed by atoms with Crippen LogP contribution in [0.25, 0.3) is 0 Å². The number of halogens is 3. The van der Waals surface area contributed by atoms with Crippen molar-refractivity contribution in [2.45, 2.75) is 37.8 Å². The third-order valence-electron chi connectivity index (χ3n) is 4.74. The van der Waals surface area contributed by atoms with Crippen molar-refractivity contribution in [3.63, 3.8) is 0 Å². The van der Waals surface area contributed by atoms with Crippen LogP contribution >= 0.6 is 0 Å². The second-order valence-corrected chi connectivity index (χ2v) is 5.98. The minimum absolute atomic E-state index is 0.256. The summed E-state index contributed by atoms with van der Waals surface area (Å²) in [4.78, 5) is 0. The number of hydrogen-bond donors (Lipinski definition) is 2. The van der Waals surface area contributed by atoms with E-state index < -0.39 is 23.5 Å². The Morgan fingerprint density at radius 3 is 2.35 bits per heavy atom. The first-order valence-electron chi connectivity index (χ1n) is 7.09. The number of nitrogens with one attached hydrogen (secondary N) is 1. The Hall–Kier alpha value is -1.07. The molecular formula is C15H18F3NO. The van der Waals surface area contributed by atoms with Crippen LogP contribution in [0, 0.1) is 29.3 Å². The summed E-state index contributed by atoms with van der Waals surface area (Å²) < 4.78 is 39.5. The molecule has 0 radical (unpaired) electrons. The maximum atomic E-state index is 13.3. The van der Waals surface area contributed by atoms with Crippen molar-refractivity contribution in [3.8, 4) is 0 Å². The van der Waals surface area contributed by atoms with Gasteiger partial charge in [0.05, 0.1) is 12.6 Å². The lowest BCUT2D eigenvalue weighted by atomic mass is 9.94. The summed E-state index contributed by atoms with van der Waals surface area (Å²) in [6, 6.07) is 1.64. The third-order valence-corrected chi connectivity index (χ3v) is 4.74. The summed E-state index contributed by atoms with van der Waals surface area (Å²) in [5.74, 6) is -2.57. The largest absolute Gasteiger partial charge is 0.394 e. The first-order valence-corrected chi connectivity index (χ1v) is 7.09. The van der Waals surface area contributed by atoms with Gasteiger partial charge in [0, 0.05) is 6.04 Å². The average Bonchev–Trinajstić information content (AvgIpc) is 3.04. The molecule has 0 saturated heterocycles. The Morgan fingerprint density at radius 1 is 1.15 bits per heavy atom. The molecule has 3 rings (SSSR count). The second-order valence-electron chi connectivity index (χ2n) is 5.98. The lowest BCUT2D eigenvalue weighted by Gasteiger charge is -2.28. The maximum Gasteiger partial charge on any atom is 0.194 e. The molecule has 0 amide bonds. The highest BCUT2D eigenvalue weighted by Gasteiger charge is 2.40. The fourth-order valence-corrected chi connectivity index (χ4v) is 3.74. The highest BCUT2D eigenvalue weighted by atomic mass is 19.2. The molecule has 0 heterocycles. The molecule has 5 heteroatoms. The SMILES string of the molecule is OCC(NC1CC2CCC1C2)c1cc(F)c(F)c(F)c1. The smallest absolute Gasteiger partial charge is 0.194 e. The molecule has 0 spiro atoms. The Kier molecular flexibility index (Phi) is 3.73. The van der Waals surface area contributed by atoms with Crippen molar-refractivity contribution in [3.05, 3.63) is 35.1 Å². The van der Waals surface area contributed by atoms with Crippen molar-refractivity contribution >= 4 is 0 Å². The molecule has 2 aliphatic carbocycles. The molecule has 2 aliphatic rings. The fraction of sp³-hybridized carbons (Fsp3) is 0.600. The molecule has 1 aromatic carbocycles. The molecule has 2 saturated carbocycles. The van der Waals surface area contributed by atoms with Gasteiger partial charge >= 0.3 is 0 Å². The molecule has 110 valence electrons. The van der Waals surface area contributed by atoms with Crippen LogP contribution in [0.4, 0.5) is 13.2 Å². The molecule has 2 fully saturated rings. The predicted molar refractivity (Wildman–Crippen MR) is 68.5 cm³/mol. The summed E-state index contributed by atoms with van der Waals surface area (Å²) in [6.45, 7) is -0.265. The molecule has 0 aromatic heterocycles. The van der Waals surface area contributed by atoms with Crippen molar-refractivity contribution < 1.29 is 18.3 Å². The van der Waals surface area contributed by atoms with Gasteiger partial charge in [0.1, 0.15) is 0 Å². The summed E-state index contributed by atoms with van der Waals surface area (Å²) in [7, 11) is 0. The molecule has 20 heavy (non-hydrogen) atoms. The fourth-order valence-electron chi connectivity index (χ4n) is 3.74. The number of benzene rings is 1. The van der Waals surface area contributed by atoms with Gasteiger partial charge in [-0.3, -0.25) is 0 Å². The molecule has 0 aliphatic heterocycles. The summed E-state index contributed by atoms with van der Waals surface area (Å²) in [5, 5.41) is 12.7. The molecule has 4 unspecified atom stereocenters. The van der Waals surface area contributed by atoms with Gasteiger partial charge in [-0.2, -0.15) is 0 Å². The van der Waals surface area contributed by atoms with Crippen molar-refractivity contribution in [2.75, 3.05) is 6.61 Å². The van der Waals surface area contributed by atoms with E-state index in [0.29, 0.717) is 5.92 Å². The van der Waals surface area contributed by atoms with Gasteiger partial charge in [0.25, 0.3) is 0 Å². The second kappa shape index (κ2) is 5.37. The van der Waals surface area contributed by atoms with E-state index in [-0.39, 0.29) is 18.2 Å². The van der Waals surface area contributed by atoms with Crippen LogP contribution in [0.1, 0.15) is 37.3 Å². The van der Waals surface area contributed by atoms with Crippen LogP contribution in [-0.4, -0.2) is 17.8 Å². The Labute approximate surface area is 116 Å². The Bertz CT molecular complexity index is 485. The average molecular weight is 285 g/mol. The first kappa shape index (κ1) is 13.9. The van der Waals surface area contributed by atoms with E-state index in [9.17, 15) is 18.3 Å². The molecule has 1 aromatic rings. The molecule has 2 bridgehead atoms. The van der Waals surface area contributed by atoms with Gasteiger partial charge < -0.3 is 10.4 Å². The zero-order valence-corrected chi connectivity index (χ0v) is 11.1. The number of aliphatic hydroxyl groups excluding tert-OH is 1. The van der Waals surface area contributed by atoms with E-state index in [1.807, 2.05) is 0 Å². The molecular weight excluding hydrogens is 267 g/mol. The highest BCUT2D eigenvalue weighted by molar-refractivity contribution is 5.23. The van der Waals surface area contributed by atoms with Crippen LogP contribution in [0.5, 0.6) is 0 Å². The van der Waals surface area contributed by atoms with E-state index in [1.165, 1.54) is 19.3 Å². The number of rotatable bonds is 4. The topological polar surface area (TPSA) is 32.3 Å². The van der Waals surface area contributed by atoms with E-state index >= 15 is 0 Å². The Morgan fingerprint density at radius 2 is 1.85 bits per heavy atom. The summed E-state index contributed by atoms with van der Waals surface area (Å²) in [6.07, 6.45) is 4.67. The van der Waals surface area contributed by atoms with E-state index in [0.717, 1.165) is 24.5 Å². The highest BCUT2D eigenvalue weighted by Crippen LogP contribution is 2.45. The predicted octanol–water partition coefficient (Wildman–Crippen LogP) is 2.92. The quantitative estimate of drug-likeness (QED) is 0.834. The summed E-state index contributed by atoms with van der Waals surface area (Å²) in [5.41, 5.74) is 0.256. The normalized spacial score (nSPS) is 29.9. The van der Waals surface area contributed by atoms with Crippen LogP contribution in [-0.2, 0) is 0 Å². The minimum Gasteiger partial charge on any atom is -0.394 e. The lowest BCUT2D eigenvalue weighted by Crippen LogP contribution is -2.38. The van der Waals surface area contributed by atoms with Gasteiger partial charge in [-0.05, 0) is 48.8 Å². The number of hydrogen-bond acceptors (Lipinski definition) is 2. The molecule has 2 N–H and O–H groups in total. The maximum absolute atomic E-state index is 13.3. The van der Waals surface area contributed by atoms with Crippen LogP contribution < -0.4 is 5.32 Å². The van der Waals surface area contributed by atoms with E-state index in [1.54, 1.807) is 0 Å². The van der Waals surface area contributed by atoms with Crippen molar-refractivity contribution in [1.82, 2.24) is 5.32 Å². The lowest BCUT2D eigenvalue weighted by molar-refractivity contribution is 0.214. The first-order chi connectivity index (χ1) is 9.58. The van der Waals surface area contributed by atoms with Crippen LogP contribution in [0.3, 0.4) is 0 Å². The van der Waals surface area contributed by atoms with Crippen molar-refractivity contribution in [2.24, 2.45) is 11.8 Å². The van der Waals surface area contributed by atoms with E-state index in [4.69, 9.17) is 0 Å². The van der Waals surface area contributed by atoms with E-state index in [2.05, 4.69) is 5.32 Å². The number of aliphatic hydroxyl groups is 1. The molecule has 2 nitrogen and oxygen atoms in total. The zero-order chi connectivity index (χ0) is 14.3. The zero-order valence-electron chi connectivity index (χ0n) is 11.1. The number of fused-ring (bicyclic) bond motifs is 2. The van der Waals surface area contributed by atoms with Crippen LogP contribution in [0.15, 0.2) is 12.1 Å². The van der Waals surface area contributed by atoms with Gasteiger partial charge in [0.2, 0.25) is 0 Å². The van der Waals surface area contributed by atoms with Gasteiger partial charge in [-0.25, -0.2) is 13.2 Å². The Balaban J connectivity index is 1.76. The van der Waals surface area contributed by atoms with Gasteiger partial charge in [-0.15, -0.1) is 0 Å². The molecule has 4 atom stereocenters. The van der Waals surface area contributed by atoms with Gasteiger partial charge in [-0.1, -0.05) is 6.42 Å². The monoisotopic (exact) mass is 285 g/mol. The standard InChI is InChI=1S/C15H18F3NO/c16-11-5-10(6-12(17)15(11)18)14(7-20)19-13-4-8-1-2-9(13)3-8/h5-6,8-9,13-14,19-20H,1-4,7H2. The van der Waals surface area contributed by atoms with Gasteiger partial charge in [0.15, 0.2) is 17.5 Å². The third kappa shape index (κ3) is 2.44.